The molecular formula is C22H15ClN2O3. The van der Waals surface area contributed by atoms with Crippen LogP contribution in [0.25, 0.3) is 16.5 Å². The summed E-state index contributed by atoms with van der Waals surface area (Å²) in [5, 5.41) is 5.43. The Morgan fingerprint density at radius 2 is 1.64 bits per heavy atom. The number of benzene rings is 3. The molecule has 5 nitrogen and oxygen atoms in total. The molecule has 0 bridgehead atoms. The van der Waals surface area contributed by atoms with Crippen molar-refractivity contribution in [1.29, 1.82) is 0 Å². The number of aromatic nitrogens is 2. The van der Waals surface area contributed by atoms with E-state index in [0.29, 0.717) is 21.5 Å². The minimum absolute atomic E-state index is 0.0385. The molecule has 4 aromatic rings. The van der Waals surface area contributed by atoms with Crippen LogP contribution in [0.1, 0.15) is 16.1 Å². The van der Waals surface area contributed by atoms with Crippen molar-refractivity contribution < 1.29 is 9.53 Å². The quantitative estimate of drug-likeness (QED) is 0.380. The molecule has 0 unspecified atom stereocenters. The van der Waals surface area contributed by atoms with Crippen molar-refractivity contribution in [3.63, 3.8) is 0 Å². The third kappa shape index (κ3) is 3.28. The highest BCUT2D eigenvalue weighted by atomic mass is 35.5. The summed E-state index contributed by atoms with van der Waals surface area (Å²) in [6.07, 6.45) is 0. The largest absolute Gasteiger partial charge is 0.420 e. The number of nitrogens with zero attached hydrogens (tertiary/aromatic N) is 2. The second kappa shape index (κ2) is 7.29. The number of hydrogen-bond donors (Lipinski definition) is 0. The van der Waals surface area contributed by atoms with E-state index in [1.54, 1.807) is 60.7 Å². The number of hydrogen-bond acceptors (Lipinski definition) is 4. The van der Waals surface area contributed by atoms with Crippen molar-refractivity contribution >= 4 is 28.3 Å². The van der Waals surface area contributed by atoms with Gasteiger partial charge < -0.3 is 4.74 Å². The molecule has 4 rings (SSSR count). The van der Waals surface area contributed by atoms with Gasteiger partial charge >= 0.3 is 5.97 Å². The van der Waals surface area contributed by atoms with Crippen LogP contribution in [0.4, 0.5) is 0 Å². The summed E-state index contributed by atoms with van der Waals surface area (Å²) < 4.78 is 6.71. The summed E-state index contributed by atoms with van der Waals surface area (Å²) in [7, 11) is 0. The van der Waals surface area contributed by atoms with Gasteiger partial charge in [0, 0.05) is 5.39 Å². The Kier molecular flexibility index (Phi) is 4.67. The van der Waals surface area contributed by atoms with E-state index in [9.17, 15) is 9.59 Å². The smallest absolute Gasteiger partial charge is 0.364 e. The fourth-order valence-corrected chi connectivity index (χ4v) is 3.08. The molecule has 1 heterocycles. The van der Waals surface area contributed by atoms with Crippen molar-refractivity contribution in [1.82, 2.24) is 9.78 Å². The van der Waals surface area contributed by atoms with Gasteiger partial charge in [0.1, 0.15) is 5.75 Å². The average molecular weight is 391 g/mol. The van der Waals surface area contributed by atoms with E-state index >= 15 is 0 Å². The van der Waals surface area contributed by atoms with E-state index in [0.717, 1.165) is 5.56 Å². The Balaban J connectivity index is 1.88. The molecule has 138 valence electrons. The topological polar surface area (TPSA) is 61.2 Å². The molecule has 0 saturated heterocycles. The van der Waals surface area contributed by atoms with Gasteiger partial charge in [0.15, 0.2) is 5.69 Å². The molecule has 0 atom stereocenters. The monoisotopic (exact) mass is 390 g/mol. The summed E-state index contributed by atoms with van der Waals surface area (Å²) in [5.74, 6) is -0.441. The molecule has 0 aliphatic rings. The maximum Gasteiger partial charge on any atom is 0.364 e. The Bertz CT molecular complexity index is 1250. The highest BCUT2D eigenvalue weighted by Gasteiger charge is 2.20. The standard InChI is InChI=1S/C22H15ClN2O3/c1-14-11-12-18(23)19(13-14)28-22(27)20-16-9-5-6-10-17(16)21(26)25(24-20)15-7-3-2-4-8-15/h2-13H,1H3. The van der Waals surface area contributed by atoms with E-state index in [-0.39, 0.29) is 17.0 Å². The summed E-state index contributed by atoms with van der Waals surface area (Å²) in [5.41, 5.74) is 1.18. The van der Waals surface area contributed by atoms with E-state index in [2.05, 4.69) is 5.10 Å². The Morgan fingerprint density at radius 1 is 0.964 bits per heavy atom. The van der Waals surface area contributed by atoms with E-state index in [1.807, 2.05) is 19.1 Å². The van der Waals surface area contributed by atoms with Crippen LogP contribution in [0, 0.1) is 6.92 Å². The average Bonchev–Trinajstić information content (AvgIpc) is 2.72. The van der Waals surface area contributed by atoms with Gasteiger partial charge in [-0.1, -0.05) is 54.1 Å². The molecule has 0 fully saturated rings. The lowest BCUT2D eigenvalue weighted by atomic mass is 10.1. The van der Waals surface area contributed by atoms with Gasteiger partial charge in [0.2, 0.25) is 0 Å². The van der Waals surface area contributed by atoms with Crippen LogP contribution < -0.4 is 10.3 Å². The minimum Gasteiger partial charge on any atom is -0.420 e. The van der Waals surface area contributed by atoms with Crippen LogP contribution in [0.3, 0.4) is 0 Å². The lowest BCUT2D eigenvalue weighted by Crippen LogP contribution is -2.25. The van der Waals surface area contributed by atoms with Gasteiger partial charge in [0.25, 0.3) is 5.56 Å². The molecule has 0 spiro atoms. The third-order valence-electron chi connectivity index (χ3n) is 4.29. The lowest BCUT2D eigenvalue weighted by molar-refractivity contribution is 0.0729. The predicted molar refractivity (Wildman–Crippen MR) is 108 cm³/mol. The summed E-state index contributed by atoms with van der Waals surface area (Å²) in [6, 6.07) is 20.9. The summed E-state index contributed by atoms with van der Waals surface area (Å²) >= 11 is 6.15. The number of para-hydroxylation sites is 1. The zero-order valence-electron chi connectivity index (χ0n) is 14.9. The first-order valence-corrected chi connectivity index (χ1v) is 8.98. The normalized spacial score (nSPS) is 10.8. The second-order valence-corrected chi connectivity index (χ2v) is 6.68. The number of rotatable bonds is 3. The SMILES string of the molecule is Cc1ccc(Cl)c(OC(=O)c2nn(-c3ccccc3)c(=O)c3ccccc23)c1. The van der Waals surface area contributed by atoms with Crippen molar-refractivity contribution in [3.05, 3.63) is 99.4 Å². The number of carbonyl (C=O) groups is 1. The van der Waals surface area contributed by atoms with E-state index in [1.165, 1.54) is 4.68 Å². The molecule has 0 amide bonds. The summed E-state index contributed by atoms with van der Waals surface area (Å²) in [6.45, 7) is 1.87. The van der Waals surface area contributed by atoms with Gasteiger partial charge in [-0.15, -0.1) is 0 Å². The zero-order chi connectivity index (χ0) is 19.7. The Hall–Kier alpha value is -3.44. The van der Waals surface area contributed by atoms with Crippen LogP contribution in [-0.4, -0.2) is 15.7 Å². The van der Waals surface area contributed by atoms with Crippen molar-refractivity contribution in [2.75, 3.05) is 0 Å². The number of aryl methyl sites for hydroxylation is 1. The van der Waals surface area contributed by atoms with Crippen LogP contribution in [0.2, 0.25) is 5.02 Å². The van der Waals surface area contributed by atoms with Gasteiger partial charge in [-0.2, -0.15) is 9.78 Å². The fourth-order valence-electron chi connectivity index (χ4n) is 2.92. The molecule has 0 N–H and O–H groups in total. The molecule has 3 aromatic carbocycles. The van der Waals surface area contributed by atoms with E-state index in [4.69, 9.17) is 16.3 Å². The van der Waals surface area contributed by atoms with Crippen molar-refractivity contribution in [2.45, 2.75) is 6.92 Å². The third-order valence-corrected chi connectivity index (χ3v) is 4.60. The molecule has 0 radical (unpaired) electrons. The Morgan fingerprint density at radius 3 is 2.39 bits per heavy atom. The first-order valence-electron chi connectivity index (χ1n) is 8.60. The summed E-state index contributed by atoms with van der Waals surface area (Å²) in [4.78, 5) is 25.8. The number of esters is 1. The number of halogens is 1. The molecule has 0 aliphatic carbocycles. The second-order valence-electron chi connectivity index (χ2n) is 6.27. The van der Waals surface area contributed by atoms with Gasteiger partial charge in [-0.05, 0) is 42.8 Å². The van der Waals surface area contributed by atoms with Crippen molar-refractivity contribution in [2.24, 2.45) is 0 Å². The molecule has 6 heteroatoms. The molecule has 0 aliphatic heterocycles. The van der Waals surface area contributed by atoms with Crippen LogP contribution >= 0.6 is 11.6 Å². The predicted octanol–water partition coefficient (Wildman–Crippen LogP) is 4.57. The maximum atomic E-state index is 12.9. The van der Waals surface area contributed by atoms with Gasteiger partial charge in [-0.25, -0.2) is 4.79 Å². The Labute approximate surface area is 165 Å². The fraction of sp³-hybridized carbons (Fsp3) is 0.0455. The van der Waals surface area contributed by atoms with Crippen molar-refractivity contribution in [3.8, 4) is 11.4 Å². The van der Waals surface area contributed by atoms with Crippen LogP contribution in [0.5, 0.6) is 5.75 Å². The molecule has 0 saturated carbocycles. The van der Waals surface area contributed by atoms with Crippen LogP contribution in [-0.2, 0) is 0 Å². The number of carbonyl (C=O) groups excluding carboxylic acids is 1. The minimum atomic E-state index is -0.687. The zero-order valence-corrected chi connectivity index (χ0v) is 15.7. The van der Waals surface area contributed by atoms with E-state index < -0.39 is 5.97 Å². The first-order chi connectivity index (χ1) is 13.5. The highest BCUT2D eigenvalue weighted by molar-refractivity contribution is 6.32. The number of fused-ring (bicyclic) bond motifs is 1. The first kappa shape index (κ1) is 17.9. The molecular weight excluding hydrogens is 376 g/mol. The van der Waals surface area contributed by atoms with Crippen LogP contribution in [0.15, 0.2) is 77.6 Å². The molecule has 28 heavy (non-hydrogen) atoms. The maximum absolute atomic E-state index is 12.9. The molecule has 1 aromatic heterocycles. The van der Waals surface area contributed by atoms with Gasteiger partial charge in [0.05, 0.1) is 16.1 Å². The van der Waals surface area contributed by atoms with Gasteiger partial charge in [-0.3, -0.25) is 4.79 Å². The highest BCUT2D eigenvalue weighted by Crippen LogP contribution is 2.26. The lowest BCUT2D eigenvalue weighted by Gasteiger charge is -2.11. The number of ether oxygens (including phenoxy) is 1.